The van der Waals surface area contributed by atoms with Crippen LogP contribution in [0.5, 0.6) is 0 Å². The number of rotatable bonds is 4. The van der Waals surface area contributed by atoms with Crippen LogP contribution in [0.15, 0.2) is 54.7 Å². The zero-order chi connectivity index (χ0) is 15.5. The molecule has 0 unspecified atom stereocenters. The average Bonchev–Trinajstić information content (AvgIpc) is 2.87. The third-order valence-corrected chi connectivity index (χ3v) is 3.95. The first-order valence-corrected chi connectivity index (χ1v) is 7.65. The summed E-state index contributed by atoms with van der Waals surface area (Å²) in [5, 5.41) is 4.79. The number of imidazole rings is 1. The van der Waals surface area contributed by atoms with Gasteiger partial charge in [0.05, 0.1) is 11.9 Å². The van der Waals surface area contributed by atoms with Gasteiger partial charge in [-0.1, -0.05) is 47.5 Å². The first-order chi connectivity index (χ1) is 10.6. The molecule has 0 radical (unpaired) electrons. The topological polar surface area (TPSA) is 29.9 Å². The minimum Gasteiger partial charge on any atom is -0.352 e. The van der Waals surface area contributed by atoms with Gasteiger partial charge in [0.2, 0.25) is 5.95 Å². The van der Waals surface area contributed by atoms with Gasteiger partial charge in [0.1, 0.15) is 0 Å². The highest BCUT2D eigenvalue weighted by Gasteiger charge is 2.08. The SMILES string of the molecule is Cn1c(-c2ccc(Cl)cc2)cnc1NCc1cccc(Cl)c1. The molecule has 0 saturated heterocycles. The van der Waals surface area contributed by atoms with E-state index in [1.165, 1.54) is 0 Å². The molecule has 0 aliphatic carbocycles. The van der Waals surface area contributed by atoms with E-state index in [-0.39, 0.29) is 0 Å². The predicted molar refractivity (Wildman–Crippen MR) is 92.4 cm³/mol. The van der Waals surface area contributed by atoms with Crippen molar-refractivity contribution in [2.75, 3.05) is 5.32 Å². The average molecular weight is 332 g/mol. The van der Waals surface area contributed by atoms with Gasteiger partial charge in [-0.2, -0.15) is 0 Å². The lowest BCUT2D eigenvalue weighted by atomic mass is 10.2. The van der Waals surface area contributed by atoms with Gasteiger partial charge in [-0.15, -0.1) is 0 Å². The summed E-state index contributed by atoms with van der Waals surface area (Å²) in [6.45, 7) is 0.672. The number of anilines is 1. The second kappa shape index (κ2) is 6.42. The summed E-state index contributed by atoms with van der Waals surface area (Å²) < 4.78 is 2.02. The molecule has 3 nitrogen and oxygen atoms in total. The molecule has 2 aromatic carbocycles. The Morgan fingerprint density at radius 3 is 2.55 bits per heavy atom. The van der Waals surface area contributed by atoms with Crippen molar-refractivity contribution in [2.24, 2.45) is 7.05 Å². The highest BCUT2D eigenvalue weighted by Crippen LogP contribution is 2.23. The predicted octanol–water partition coefficient (Wildman–Crippen LogP) is 5.01. The summed E-state index contributed by atoms with van der Waals surface area (Å²) in [5.41, 5.74) is 3.23. The van der Waals surface area contributed by atoms with Crippen molar-refractivity contribution >= 4 is 29.2 Å². The molecule has 0 aliphatic heterocycles. The van der Waals surface area contributed by atoms with Crippen molar-refractivity contribution in [1.82, 2.24) is 9.55 Å². The largest absolute Gasteiger partial charge is 0.352 e. The fourth-order valence-electron chi connectivity index (χ4n) is 2.29. The molecule has 5 heteroatoms. The Kier molecular flexibility index (Phi) is 4.36. The number of nitrogens with one attached hydrogen (secondary N) is 1. The molecule has 0 saturated carbocycles. The third-order valence-electron chi connectivity index (χ3n) is 3.47. The summed E-state index contributed by atoms with van der Waals surface area (Å²) in [5.74, 6) is 0.810. The first kappa shape index (κ1) is 14.9. The number of benzene rings is 2. The van der Waals surface area contributed by atoms with Gasteiger partial charge in [-0.3, -0.25) is 0 Å². The molecule has 0 spiro atoms. The van der Waals surface area contributed by atoms with Crippen LogP contribution < -0.4 is 5.32 Å². The summed E-state index contributed by atoms with van der Waals surface area (Å²) in [6.07, 6.45) is 1.85. The Bertz CT molecular complexity index is 779. The zero-order valence-corrected chi connectivity index (χ0v) is 13.6. The molecule has 0 aliphatic rings. The van der Waals surface area contributed by atoms with E-state index in [1.807, 2.05) is 66.3 Å². The van der Waals surface area contributed by atoms with Crippen LogP contribution in [0.3, 0.4) is 0 Å². The van der Waals surface area contributed by atoms with E-state index < -0.39 is 0 Å². The van der Waals surface area contributed by atoms with Crippen molar-refractivity contribution < 1.29 is 0 Å². The van der Waals surface area contributed by atoms with Gasteiger partial charge < -0.3 is 9.88 Å². The maximum atomic E-state index is 6.00. The molecule has 3 rings (SSSR count). The van der Waals surface area contributed by atoms with Crippen LogP contribution in [0.1, 0.15) is 5.56 Å². The highest BCUT2D eigenvalue weighted by atomic mass is 35.5. The summed E-state index contributed by atoms with van der Waals surface area (Å²) in [6, 6.07) is 15.5. The van der Waals surface area contributed by atoms with Crippen molar-refractivity contribution in [2.45, 2.75) is 6.54 Å². The molecule has 0 amide bonds. The Labute approximate surface area is 139 Å². The van der Waals surface area contributed by atoms with Crippen molar-refractivity contribution in [1.29, 1.82) is 0 Å². The summed E-state index contributed by atoms with van der Waals surface area (Å²) in [7, 11) is 1.98. The number of hydrogen-bond acceptors (Lipinski definition) is 2. The molecule has 3 aromatic rings. The third kappa shape index (κ3) is 3.26. The maximum absolute atomic E-state index is 6.00. The van der Waals surface area contributed by atoms with Crippen molar-refractivity contribution in [3.8, 4) is 11.3 Å². The van der Waals surface area contributed by atoms with E-state index in [0.29, 0.717) is 6.54 Å². The van der Waals surface area contributed by atoms with Crippen molar-refractivity contribution in [3.63, 3.8) is 0 Å². The minimum atomic E-state index is 0.672. The molecule has 22 heavy (non-hydrogen) atoms. The Morgan fingerprint density at radius 2 is 1.82 bits per heavy atom. The normalized spacial score (nSPS) is 10.7. The van der Waals surface area contributed by atoms with Gasteiger partial charge >= 0.3 is 0 Å². The van der Waals surface area contributed by atoms with Crippen LogP contribution in [0, 0.1) is 0 Å². The van der Waals surface area contributed by atoms with Gasteiger partial charge in [-0.05, 0) is 35.4 Å². The van der Waals surface area contributed by atoms with Crippen LogP contribution in [-0.2, 0) is 13.6 Å². The molecular weight excluding hydrogens is 317 g/mol. The summed E-state index contributed by atoms with van der Waals surface area (Å²) >= 11 is 11.9. The zero-order valence-electron chi connectivity index (χ0n) is 12.1. The van der Waals surface area contributed by atoms with Crippen LogP contribution in [0.25, 0.3) is 11.3 Å². The van der Waals surface area contributed by atoms with E-state index >= 15 is 0 Å². The fraction of sp³-hybridized carbons (Fsp3) is 0.118. The van der Waals surface area contributed by atoms with E-state index in [1.54, 1.807) is 0 Å². The van der Waals surface area contributed by atoms with Crippen LogP contribution >= 0.6 is 23.2 Å². The number of aromatic nitrogens is 2. The summed E-state index contributed by atoms with van der Waals surface area (Å²) in [4.78, 5) is 4.44. The Morgan fingerprint density at radius 1 is 1.05 bits per heavy atom. The number of nitrogens with zero attached hydrogens (tertiary/aromatic N) is 2. The maximum Gasteiger partial charge on any atom is 0.203 e. The Hall–Kier alpha value is -1.97. The lowest BCUT2D eigenvalue weighted by Crippen LogP contribution is -2.05. The van der Waals surface area contributed by atoms with Crippen molar-refractivity contribution in [3.05, 3.63) is 70.3 Å². The van der Waals surface area contributed by atoms with Gasteiger partial charge in [-0.25, -0.2) is 4.98 Å². The Balaban J connectivity index is 1.77. The molecule has 1 aromatic heterocycles. The van der Waals surface area contributed by atoms with E-state index in [9.17, 15) is 0 Å². The lowest BCUT2D eigenvalue weighted by Gasteiger charge is -2.09. The smallest absolute Gasteiger partial charge is 0.203 e. The van der Waals surface area contributed by atoms with E-state index in [4.69, 9.17) is 23.2 Å². The molecule has 0 bridgehead atoms. The molecule has 112 valence electrons. The number of halogens is 2. The molecule has 0 fully saturated rings. The second-order valence-corrected chi connectivity index (χ2v) is 5.89. The van der Waals surface area contributed by atoms with Crippen LogP contribution in [0.4, 0.5) is 5.95 Å². The second-order valence-electron chi connectivity index (χ2n) is 5.02. The van der Waals surface area contributed by atoms with E-state index in [2.05, 4.69) is 10.3 Å². The molecule has 1 heterocycles. The molecule has 0 atom stereocenters. The monoisotopic (exact) mass is 331 g/mol. The quantitative estimate of drug-likeness (QED) is 0.728. The highest BCUT2D eigenvalue weighted by molar-refractivity contribution is 6.30. The minimum absolute atomic E-state index is 0.672. The van der Waals surface area contributed by atoms with Gasteiger partial charge in [0.25, 0.3) is 0 Å². The number of hydrogen-bond donors (Lipinski definition) is 1. The van der Waals surface area contributed by atoms with Crippen LogP contribution in [-0.4, -0.2) is 9.55 Å². The first-order valence-electron chi connectivity index (χ1n) is 6.89. The molecular formula is C17H15Cl2N3. The standard InChI is InChI=1S/C17H15Cl2N3/c1-22-16(13-5-7-14(18)8-6-13)11-21-17(22)20-10-12-3-2-4-15(19)9-12/h2-9,11H,10H2,1H3,(H,20,21). The molecule has 1 N–H and O–H groups in total. The van der Waals surface area contributed by atoms with Gasteiger partial charge in [0, 0.05) is 23.6 Å². The fourth-order valence-corrected chi connectivity index (χ4v) is 2.63. The van der Waals surface area contributed by atoms with Crippen LogP contribution in [0.2, 0.25) is 10.0 Å². The van der Waals surface area contributed by atoms with Gasteiger partial charge in [0.15, 0.2) is 0 Å². The lowest BCUT2D eigenvalue weighted by molar-refractivity contribution is 0.907. The van der Waals surface area contributed by atoms with E-state index in [0.717, 1.165) is 32.8 Å².